The Bertz CT molecular complexity index is 664. The molecule has 0 bridgehead atoms. The highest BCUT2D eigenvalue weighted by atomic mass is 19.3. The van der Waals surface area contributed by atoms with Crippen LogP contribution >= 0.6 is 0 Å². The van der Waals surface area contributed by atoms with Crippen molar-refractivity contribution < 1.29 is 44.3 Å². The maximum Gasteiger partial charge on any atom is 0.364 e. The van der Waals surface area contributed by atoms with E-state index < -0.39 is 98.9 Å². The quantitative estimate of drug-likeness (QED) is 0.336. The summed E-state index contributed by atoms with van der Waals surface area (Å²) in [6, 6.07) is 0. The molecular weight excluding hydrogens is 487 g/mol. The van der Waals surface area contributed by atoms with Crippen LogP contribution in [0.4, 0.5) is 39.5 Å². The van der Waals surface area contributed by atoms with Crippen molar-refractivity contribution in [1.82, 2.24) is 0 Å². The number of hydrogen-bond acceptors (Lipinski definition) is 1. The van der Waals surface area contributed by atoms with E-state index in [1.807, 2.05) is 0 Å². The Morgan fingerprint density at radius 3 is 1.57 bits per heavy atom. The lowest BCUT2D eigenvalue weighted by Gasteiger charge is -2.45. The molecule has 0 heterocycles. The van der Waals surface area contributed by atoms with Gasteiger partial charge in [-0.05, 0) is 81.5 Å². The van der Waals surface area contributed by atoms with E-state index in [-0.39, 0.29) is 18.3 Å². The van der Waals surface area contributed by atoms with Crippen LogP contribution in [-0.2, 0) is 4.74 Å². The molecule has 7 atom stereocenters. The van der Waals surface area contributed by atoms with Crippen LogP contribution in [0.5, 0.6) is 0 Å². The fourth-order valence-corrected chi connectivity index (χ4v) is 7.13. The Hall–Kier alpha value is -0.670. The van der Waals surface area contributed by atoms with Gasteiger partial charge in [0.15, 0.2) is 6.17 Å². The smallest absolute Gasteiger partial charge is 0.317 e. The molecular formula is C25H35F9O. The lowest BCUT2D eigenvalue weighted by atomic mass is 9.64. The summed E-state index contributed by atoms with van der Waals surface area (Å²) in [4.78, 5) is 0. The fourth-order valence-electron chi connectivity index (χ4n) is 7.13. The number of ether oxygens (including phenoxy) is 1. The molecule has 0 radical (unpaired) electrons. The second-order valence-electron chi connectivity index (χ2n) is 11.3. The Morgan fingerprint density at radius 1 is 0.514 bits per heavy atom. The lowest BCUT2D eigenvalue weighted by molar-refractivity contribution is -0.323. The lowest BCUT2D eigenvalue weighted by Crippen LogP contribution is -2.52. The molecule has 7 unspecified atom stereocenters. The summed E-state index contributed by atoms with van der Waals surface area (Å²) < 4.78 is 133. The monoisotopic (exact) mass is 522 g/mol. The molecule has 1 nitrogen and oxygen atoms in total. The van der Waals surface area contributed by atoms with Crippen LogP contribution in [0.15, 0.2) is 0 Å². The molecule has 0 aromatic rings. The topological polar surface area (TPSA) is 9.23 Å². The summed E-state index contributed by atoms with van der Waals surface area (Å²) in [5.74, 6) is -3.49. The van der Waals surface area contributed by atoms with Crippen molar-refractivity contribution in [3.8, 4) is 0 Å². The Morgan fingerprint density at radius 2 is 1.03 bits per heavy atom. The standard InChI is InChI=1S/C25H35F9O/c26-15-4-1-12(2-5-15)13-3-6-17(18(27)7-13)14-8-19(28)23(20(29)9-14)25(33,34)35-16-10-21(30)24(32)22(31)11-16/h12-24H,1-11H2. The highest BCUT2D eigenvalue weighted by molar-refractivity contribution is 4.97. The van der Waals surface area contributed by atoms with Gasteiger partial charge in [0, 0.05) is 12.8 Å². The molecule has 4 rings (SSSR count). The average molecular weight is 523 g/mol. The third-order valence-electron chi connectivity index (χ3n) is 9.05. The number of rotatable bonds is 5. The molecule has 0 aromatic heterocycles. The SMILES string of the molecule is FC1CCC(C2CCC(C3CC(F)C(C(F)(F)OC4CC(F)C(F)C(F)C4)C(F)C3)C(F)C2)CC1. The minimum Gasteiger partial charge on any atom is -0.317 e. The van der Waals surface area contributed by atoms with Gasteiger partial charge in [-0.1, -0.05) is 0 Å². The summed E-state index contributed by atoms with van der Waals surface area (Å²) in [6.07, 6.45) is -18.7. The van der Waals surface area contributed by atoms with Gasteiger partial charge in [-0.2, -0.15) is 8.78 Å². The van der Waals surface area contributed by atoms with Crippen LogP contribution < -0.4 is 0 Å². The van der Waals surface area contributed by atoms with Crippen molar-refractivity contribution in [1.29, 1.82) is 0 Å². The second kappa shape index (κ2) is 11.0. The van der Waals surface area contributed by atoms with Gasteiger partial charge in [-0.25, -0.2) is 30.7 Å². The van der Waals surface area contributed by atoms with Crippen molar-refractivity contribution in [2.24, 2.45) is 29.6 Å². The third-order valence-corrected chi connectivity index (χ3v) is 9.05. The fraction of sp³-hybridized carbons (Fsp3) is 1.00. The van der Waals surface area contributed by atoms with Crippen molar-refractivity contribution in [3.05, 3.63) is 0 Å². The van der Waals surface area contributed by atoms with E-state index in [0.717, 1.165) is 0 Å². The van der Waals surface area contributed by atoms with Crippen LogP contribution in [0.1, 0.15) is 70.6 Å². The van der Waals surface area contributed by atoms with Crippen molar-refractivity contribution in [2.75, 3.05) is 0 Å². The minimum absolute atomic E-state index is 0.100. The van der Waals surface area contributed by atoms with Crippen molar-refractivity contribution in [2.45, 2.75) is 126 Å². The van der Waals surface area contributed by atoms with Gasteiger partial charge < -0.3 is 4.74 Å². The molecule has 204 valence electrons. The molecule has 4 aliphatic carbocycles. The van der Waals surface area contributed by atoms with Crippen LogP contribution in [0.25, 0.3) is 0 Å². The molecule has 0 saturated heterocycles. The molecule has 0 aliphatic heterocycles. The second-order valence-corrected chi connectivity index (χ2v) is 11.3. The number of halogens is 9. The molecule has 0 aromatic carbocycles. The van der Waals surface area contributed by atoms with Crippen molar-refractivity contribution >= 4 is 0 Å². The van der Waals surface area contributed by atoms with Gasteiger partial charge in [-0.15, -0.1) is 0 Å². The van der Waals surface area contributed by atoms with Crippen LogP contribution in [-0.4, -0.2) is 55.4 Å². The molecule has 4 aliphatic rings. The van der Waals surface area contributed by atoms with Gasteiger partial charge in [0.1, 0.15) is 42.9 Å². The summed E-state index contributed by atoms with van der Waals surface area (Å²) in [5, 5.41) is 0. The van der Waals surface area contributed by atoms with Gasteiger partial charge >= 0.3 is 6.11 Å². The van der Waals surface area contributed by atoms with E-state index in [9.17, 15) is 35.1 Å². The van der Waals surface area contributed by atoms with Gasteiger partial charge in [0.2, 0.25) is 0 Å². The molecule has 10 heteroatoms. The first-order valence-electron chi connectivity index (χ1n) is 13.0. The highest BCUT2D eigenvalue weighted by Crippen LogP contribution is 2.50. The molecule has 0 N–H and O–H groups in total. The Labute approximate surface area is 200 Å². The van der Waals surface area contributed by atoms with E-state index >= 15 is 4.39 Å². The summed E-state index contributed by atoms with van der Waals surface area (Å²) in [7, 11) is 0. The molecule has 0 amide bonds. The zero-order valence-corrected chi connectivity index (χ0v) is 19.6. The zero-order valence-electron chi connectivity index (χ0n) is 19.6. The Kier molecular flexibility index (Phi) is 8.58. The van der Waals surface area contributed by atoms with E-state index in [2.05, 4.69) is 4.74 Å². The van der Waals surface area contributed by atoms with Gasteiger partial charge in [-0.3, -0.25) is 0 Å². The first-order chi connectivity index (χ1) is 16.5. The third kappa shape index (κ3) is 6.08. The minimum atomic E-state index is -4.33. The predicted molar refractivity (Wildman–Crippen MR) is 112 cm³/mol. The molecule has 35 heavy (non-hydrogen) atoms. The highest BCUT2D eigenvalue weighted by Gasteiger charge is 2.57. The average Bonchev–Trinajstić information content (AvgIpc) is 2.76. The van der Waals surface area contributed by atoms with E-state index in [0.29, 0.717) is 38.5 Å². The van der Waals surface area contributed by atoms with Crippen LogP contribution in [0, 0.1) is 29.6 Å². The van der Waals surface area contributed by atoms with E-state index in [1.165, 1.54) is 0 Å². The Balaban J connectivity index is 1.32. The van der Waals surface area contributed by atoms with E-state index in [4.69, 9.17) is 0 Å². The largest absolute Gasteiger partial charge is 0.364 e. The van der Waals surface area contributed by atoms with Crippen LogP contribution in [0.3, 0.4) is 0 Å². The van der Waals surface area contributed by atoms with Crippen molar-refractivity contribution in [3.63, 3.8) is 0 Å². The van der Waals surface area contributed by atoms with Gasteiger partial charge in [0.05, 0.1) is 6.10 Å². The number of hydrogen-bond donors (Lipinski definition) is 0. The molecule has 0 spiro atoms. The molecule has 4 saturated carbocycles. The first-order valence-corrected chi connectivity index (χ1v) is 13.0. The predicted octanol–water partition coefficient (Wildman–Crippen LogP) is 7.76. The zero-order chi connectivity index (χ0) is 25.5. The summed E-state index contributed by atoms with van der Waals surface area (Å²) in [6.45, 7) is 0. The van der Waals surface area contributed by atoms with Crippen LogP contribution in [0.2, 0.25) is 0 Å². The number of alkyl halides is 9. The maximum atomic E-state index is 15.1. The van der Waals surface area contributed by atoms with Gasteiger partial charge in [0.25, 0.3) is 0 Å². The summed E-state index contributed by atoms with van der Waals surface area (Å²) in [5.41, 5.74) is 0. The molecule has 4 fully saturated rings. The van der Waals surface area contributed by atoms with E-state index in [1.54, 1.807) is 0 Å². The normalized spacial score (nSPS) is 50.1. The summed E-state index contributed by atoms with van der Waals surface area (Å²) >= 11 is 0. The maximum absolute atomic E-state index is 15.1. The first kappa shape index (κ1) is 27.4.